The van der Waals surface area contributed by atoms with Crippen LogP contribution < -0.4 is 4.74 Å². The van der Waals surface area contributed by atoms with Gasteiger partial charge in [-0.15, -0.1) is 0 Å². The minimum absolute atomic E-state index is 0.0713. The van der Waals surface area contributed by atoms with E-state index in [0.717, 1.165) is 42.6 Å². The largest absolute Gasteiger partial charge is 0.508 e. The van der Waals surface area contributed by atoms with Gasteiger partial charge in [-0.25, -0.2) is 0 Å². The summed E-state index contributed by atoms with van der Waals surface area (Å²) >= 11 is 0. The molecule has 1 heterocycles. The smallest absolute Gasteiger partial charge is 0.127 e. The quantitative estimate of drug-likeness (QED) is 0.762. The zero-order valence-corrected chi connectivity index (χ0v) is 15.5. The first kappa shape index (κ1) is 17.6. The Morgan fingerprint density at radius 3 is 2.62 bits per heavy atom. The Bertz CT molecular complexity index is 587. The maximum Gasteiger partial charge on any atom is 0.127 e. The molecule has 1 aliphatic heterocycles. The average Bonchev–Trinajstić information content (AvgIpc) is 2.87. The van der Waals surface area contributed by atoms with Crippen LogP contribution in [0.2, 0.25) is 0 Å². The molecule has 0 radical (unpaired) electrons. The molecule has 2 N–H and O–H groups in total. The standard InChI is InChI=1S/C21H32O3/c1-5-6-7-8-14-11-16(22)19-17(12-14)24-20-13(2)9-10-15(18(19)20)21(3,4)23/h11-13,15,18,20,22-23H,5-10H2,1-4H3. The lowest BCUT2D eigenvalue weighted by Crippen LogP contribution is -2.45. The van der Waals surface area contributed by atoms with E-state index in [0.29, 0.717) is 11.7 Å². The molecule has 4 unspecified atom stereocenters. The van der Waals surface area contributed by atoms with Gasteiger partial charge in [-0.3, -0.25) is 0 Å². The Kier molecular flexibility index (Phi) is 4.83. The number of phenols is 1. The number of phenolic OH excluding ortho intramolecular Hbond substituents is 1. The zero-order chi connectivity index (χ0) is 17.5. The summed E-state index contributed by atoms with van der Waals surface area (Å²) in [7, 11) is 0. The van der Waals surface area contributed by atoms with Crippen molar-refractivity contribution in [2.75, 3.05) is 0 Å². The van der Waals surface area contributed by atoms with Crippen LogP contribution in [0.25, 0.3) is 0 Å². The Morgan fingerprint density at radius 1 is 1.21 bits per heavy atom. The van der Waals surface area contributed by atoms with Gasteiger partial charge in [0.25, 0.3) is 0 Å². The van der Waals surface area contributed by atoms with Gasteiger partial charge in [0, 0.05) is 11.5 Å². The molecule has 1 aliphatic carbocycles. The molecule has 0 bridgehead atoms. The van der Waals surface area contributed by atoms with E-state index in [2.05, 4.69) is 19.9 Å². The Balaban J connectivity index is 1.93. The van der Waals surface area contributed by atoms with Gasteiger partial charge in [0.2, 0.25) is 0 Å². The van der Waals surface area contributed by atoms with E-state index in [-0.39, 0.29) is 17.9 Å². The topological polar surface area (TPSA) is 49.7 Å². The van der Waals surface area contributed by atoms with Crippen LogP contribution in [0.15, 0.2) is 12.1 Å². The first-order chi connectivity index (χ1) is 11.3. The van der Waals surface area contributed by atoms with Gasteiger partial charge >= 0.3 is 0 Å². The summed E-state index contributed by atoms with van der Waals surface area (Å²) in [6.07, 6.45) is 6.65. The molecule has 1 aromatic rings. The highest BCUT2D eigenvalue weighted by Crippen LogP contribution is 2.56. The van der Waals surface area contributed by atoms with Crippen LogP contribution in [0.3, 0.4) is 0 Å². The van der Waals surface area contributed by atoms with Crippen LogP contribution in [0, 0.1) is 11.8 Å². The predicted molar refractivity (Wildman–Crippen MR) is 96.7 cm³/mol. The number of aliphatic hydroxyl groups is 1. The lowest BCUT2D eigenvalue weighted by atomic mass is 9.65. The summed E-state index contributed by atoms with van der Waals surface area (Å²) in [5.41, 5.74) is 1.32. The maximum atomic E-state index is 10.7. The number of unbranched alkanes of at least 4 members (excludes halogenated alkanes) is 2. The van der Waals surface area contributed by atoms with E-state index in [1.165, 1.54) is 12.8 Å². The fraction of sp³-hybridized carbons (Fsp3) is 0.714. The lowest BCUT2D eigenvalue weighted by molar-refractivity contribution is -0.0432. The van der Waals surface area contributed by atoms with E-state index in [9.17, 15) is 10.2 Å². The lowest BCUT2D eigenvalue weighted by Gasteiger charge is -2.42. The van der Waals surface area contributed by atoms with E-state index < -0.39 is 5.60 Å². The maximum absolute atomic E-state index is 10.7. The fourth-order valence-corrected chi connectivity index (χ4v) is 4.69. The van der Waals surface area contributed by atoms with Gasteiger partial charge in [-0.05, 0) is 69.1 Å². The fourth-order valence-electron chi connectivity index (χ4n) is 4.69. The Morgan fingerprint density at radius 2 is 1.96 bits per heavy atom. The summed E-state index contributed by atoms with van der Waals surface area (Å²) in [5.74, 6) is 1.86. The summed E-state index contributed by atoms with van der Waals surface area (Å²) in [6, 6.07) is 4.04. The summed E-state index contributed by atoms with van der Waals surface area (Å²) in [4.78, 5) is 0. The third-order valence-electron chi connectivity index (χ3n) is 6.03. The number of hydrogen-bond donors (Lipinski definition) is 2. The highest BCUT2D eigenvalue weighted by Gasteiger charge is 2.51. The van der Waals surface area contributed by atoms with Crippen LogP contribution in [-0.2, 0) is 6.42 Å². The molecule has 134 valence electrons. The SMILES string of the molecule is CCCCCc1cc(O)c2c(c1)OC1C(C)CCC(C(C)(C)O)C21. The molecular weight excluding hydrogens is 300 g/mol. The van der Waals surface area contributed by atoms with Crippen molar-refractivity contribution in [2.45, 2.75) is 83.8 Å². The molecule has 0 spiro atoms. The minimum Gasteiger partial charge on any atom is -0.508 e. The van der Waals surface area contributed by atoms with Crippen LogP contribution in [0.5, 0.6) is 11.5 Å². The average molecular weight is 332 g/mol. The van der Waals surface area contributed by atoms with Gasteiger partial charge < -0.3 is 14.9 Å². The van der Waals surface area contributed by atoms with E-state index in [1.807, 2.05) is 19.9 Å². The van der Waals surface area contributed by atoms with Crippen LogP contribution >= 0.6 is 0 Å². The van der Waals surface area contributed by atoms with Crippen LogP contribution in [-0.4, -0.2) is 21.9 Å². The predicted octanol–water partition coefficient (Wildman–Crippen LogP) is 4.79. The monoisotopic (exact) mass is 332 g/mol. The van der Waals surface area contributed by atoms with Crippen molar-refractivity contribution in [1.29, 1.82) is 0 Å². The molecule has 3 nitrogen and oxygen atoms in total. The molecule has 2 aliphatic rings. The van der Waals surface area contributed by atoms with Crippen molar-refractivity contribution in [3.63, 3.8) is 0 Å². The van der Waals surface area contributed by atoms with Gasteiger partial charge in [0.1, 0.15) is 17.6 Å². The molecule has 4 atom stereocenters. The number of ether oxygens (including phenoxy) is 1. The number of aromatic hydroxyl groups is 1. The molecule has 24 heavy (non-hydrogen) atoms. The van der Waals surface area contributed by atoms with Gasteiger partial charge in [-0.1, -0.05) is 26.7 Å². The number of aryl methyl sites for hydroxylation is 1. The Labute approximate surface area is 146 Å². The van der Waals surface area contributed by atoms with Crippen molar-refractivity contribution >= 4 is 0 Å². The molecule has 3 heteroatoms. The van der Waals surface area contributed by atoms with Crippen molar-refractivity contribution < 1.29 is 14.9 Å². The highest BCUT2D eigenvalue weighted by molar-refractivity contribution is 5.53. The number of fused-ring (bicyclic) bond motifs is 3. The second-order valence-electron chi connectivity index (χ2n) is 8.41. The molecule has 0 amide bonds. The van der Waals surface area contributed by atoms with Gasteiger partial charge in [0.15, 0.2) is 0 Å². The molecule has 3 rings (SSSR count). The van der Waals surface area contributed by atoms with E-state index >= 15 is 0 Å². The highest BCUT2D eigenvalue weighted by atomic mass is 16.5. The van der Waals surface area contributed by atoms with Crippen molar-refractivity contribution in [3.05, 3.63) is 23.3 Å². The summed E-state index contributed by atoms with van der Waals surface area (Å²) in [5, 5.41) is 21.4. The summed E-state index contributed by atoms with van der Waals surface area (Å²) in [6.45, 7) is 8.20. The molecule has 1 aromatic carbocycles. The number of rotatable bonds is 5. The first-order valence-corrected chi connectivity index (χ1v) is 9.57. The second-order valence-corrected chi connectivity index (χ2v) is 8.41. The zero-order valence-electron chi connectivity index (χ0n) is 15.5. The van der Waals surface area contributed by atoms with Gasteiger partial charge in [0.05, 0.1) is 5.60 Å². The van der Waals surface area contributed by atoms with Crippen LogP contribution in [0.1, 0.15) is 76.8 Å². The third-order valence-corrected chi connectivity index (χ3v) is 6.03. The first-order valence-electron chi connectivity index (χ1n) is 9.57. The van der Waals surface area contributed by atoms with Crippen LogP contribution in [0.4, 0.5) is 0 Å². The van der Waals surface area contributed by atoms with Crippen molar-refractivity contribution in [3.8, 4) is 11.5 Å². The van der Waals surface area contributed by atoms with E-state index in [4.69, 9.17) is 4.74 Å². The summed E-state index contributed by atoms with van der Waals surface area (Å²) < 4.78 is 6.31. The minimum atomic E-state index is -0.764. The third kappa shape index (κ3) is 3.15. The second kappa shape index (κ2) is 6.59. The molecular formula is C21H32O3. The normalized spacial score (nSPS) is 29.0. The number of benzene rings is 1. The molecule has 0 aromatic heterocycles. The molecule has 0 saturated heterocycles. The molecule has 1 saturated carbocycles. The number of hydrogen-bond acceptors (Lipinski definition) is 3. The van der Waals surface area contributed by atoms with E-state index in [1.54, 1.807) is 0 Å². The van der Waals surface area contributed by atoms with Crippen molar-refractivity contribution in [1.82, 2.24) is 0 Å². The van der Waals surface area contributed by atoms with Crippen molar-refractivity contribution in [2.24, 2.45) is 11.8 Å². The Hall–Kier alpha value is -1.22. The molecule has 1 fully saturated rings. The van der Waals surface area contributed by atoms with Gasteiger partial charge in [-0.2, -0.15) is 0 Å².